The van der Waals surface area contributed by atoms with Crippen LogP contribution in [-0.4, -0.2) is 13.1 Å². The van der Waals surface area contributed by atoms with E-state index in [0.717, 1.165) is 19.5 Å². The van der Waals surface area contributed by atoms with E-state index in [1.165, 1.54) is 12.8 Å². The Kier molecular flexibility index (Phi) is 6.93. The monoisotopic (exact) mass is 114 g/mol. The largest absolute Gasteiger partial charge is 0.317 e. The summed E-state index contributed by atoms with van der Waals surface area (Å²) in [6.45, 7) is 8.15. The third-order valence-corrected chi connectivity index (χ3v) is 1.06. The fourth-order valence-corrected chi connectivity index (χ4v) is 0.552. The molecule has 0 aromatic heterocycles. The maximum absolute atomic E-state index is 3.72. The van der Waals surface area contributed by atoms with Crippen LogP contribution in [-0.2, 0) is 0 Å². The molecule has 0 aromatic rings. The minimum absolute atomic E-state index is 1.00. The maximum Gasteiger partial charge on any atom is -0.00489 e. The molecule has 0 rings (SSSR count). The summed E-state index contributed by atoms with van der Waals surface area (Å²) in [5.41, 5.74) is 0. The first-order chi connectivity index (χ1) is 3.91. The fourth-order valence-electron chi connectivity index (χ4n) is 0.552. The highest BCUT2D eigenvalue weighted by Gasteiger charge is 1.80. The summed E-state index contributed by atoms with van der Waals surface area (Å²) >= 11 is 0. The van der Waals surface area contributed by atoms with Crippen molar-refractivity contribution in [2.75, 3.05) is 13.1 Å². The summed E-state index contributed by atoms with van der Waals surface area (Å²) < 4.78 is 0. The van der Waals surface area contributed by atoms with Crippen LogP contribution >= 0.6 is 0 Å². The van der Waals surface area contributed by atoms with Gasteiger partial charge in [0.15, 0.2) is 0 Å². The van der Waals surface area contributed by atoms with Crippen molar-refractivity contribution in [3.8, 4) is 0 Å². The Morgan fingerprint density at radius 3 is 2.62 bits per heavy atom. The van der Waals surface area contributed by atoms with Gasteiger partial charge in [0, 0.05) is 0 Å². The van der Waals surface area contributed by atoms with E-state index in [9.17, 15) is 0 Å². The topological polar surface area (TPSA) is 12.0 Å². The first-order valence-electron chi connectivity index (χ1n) is 3.41. The van der Waals surface area contributed by atoms with Gasteiger partial charge in [0.2, 0.25) is 0 Å². The minimum Gasteiger partial charge on any atom is -0.317 e. The van der Waals surface area contributed by atoms with Crippen molar-refractivity contribution in [1.82, 2.24) is 5.32 Å². The third-order valence-electron chi connectivity index (χ3n) is 1.06. The summed E-state index contributed by atoms with van der Waals surface area (Å²) in [5, 5.41) is 3.27. The van der Waals surface area contributed by atoms with Crippen molar-refractivity contribution in [3.05, 3.63) is 6.92 Å². The Labute approximate surface area is 52.5 Å². The van der Waals surface area contributed by atoms with E-state index >= 15 is 0 Å². The van der Waals surface area contributed by atoms with Crippen LogP contribution in [0.4, 0.5) is 0 Å². The molecule has 0 aliphatic rings. The van der Waals surface area contributed by atoms with E-state index < -0.39 is 0 Å². The smallest absolute Gasteiger partial charge is 0.00489 e. The van der Waals surface area contributed by atoms with Gasteiger partial charge in [0.05, 0.1) is 0 Å². The quantitative estimate of drug-likeness (QED) is 0.535. The van der Waals surface area contributed by atoms with Crippen LogP contribution in [0.25, 0.3) is 0 Å². The van der Waals surface area contributed by atoms with Gasteiger partial charge in [-0.05, 0) is 25.9 Å². The zero-order valence-corrected chi connectivity index (χ0v) is 5.74. The van der Waals surface area contributed by atoms with Crippen molar-refractivity contribution in [1.29, 1.82) is 0 Å². The number of rotatable bonds is 5. The molecular formula is C7H16N. The lowest BCUT2D eigenvalue weighted by molar-refractivity contribution is 0.644. The van der Waals surface area contributed by atoms with Gasteiger partial charge in [-0.2, -0.15) is 0 Å². The molecule has 0 atom stereocenters. The molecule has 8 heavy (non-hydrogen) atoms. The second-order valence-corrected chi connectivity index (χ2v) is 1.96. The third kappa shape index (κ3) is 5.96. The number of unbranched alkanes of at least 4 members (excludes halogenated alkanes) is 1. The molecule has 0 heterocycles. The van der Waals surface area contributed by atoms with Crippen molar-refractivity contribution in [3.63, 3.8) is 0 Å². The molecule has 1 heteroatoms. The standard InChI is InChI=1S/C7H16N/c1-3-5-7-8-6-4-2/h8H,2-7H2,1H3. The van der Waals surface area contributed by atoms with E-state index in [0.29, 0.717) is 0 Å². The number of hydrogen-bond donors (Lipinski definition) is 1. The Morgan fingerprint density at radius 1 is 1.38 bits per heavy atom. The van der Waals surface area contributed by atoms with Crippen molar-refractivity contribution in [2.45, 2.75) is 26.2 Å². The summed E-state index contributed by atoms with van der Waals surface area (Å²) in [7, 11) is 0. The lowest BCUT2D eigenvalue weighted by Crippen LogP contribution is -2.15. The molecule has 0 spiro atoms. The predicted octanol–water partition coefficient (Wildman–Crippen LogP) is 1.60. The average Bonchev–Trinajstić information content (AvgIpc) is 1.81. The molecule has 1 N–H and O–H groups in total. The van der Waals surface area contributed by atoms with Crippen molar-refractivity contribution < 1.29 is 0 Å². The Bertz CT molecular complexity index is 29.4. The molecule has 0 unspecified atom stereocenters. The van der Waals surface area contributed by atoms with Gasteiger partial charge in [-0.25, -0.2) is 0 Å². The van der Waals surface area contributed by atoms with Gasteiger partial charge >= 0.3 is 0 Å². The number of nitrogens with one attached hydrogen (secondary N) is 1. The molecule has 0 amide bonds. The molecule has 0 saturated carbocycles. The van der Waals surface area contributed by atoms with E-state index in [1.54, 1.807) is 0 Å². The summed E-state index contributed by atoms with van der Waals surface area (Å²) in [6.07, 6.45) is 3.58. The van der Waals surface area contributed by atoms with Gasteiger partial charge in [0.25, 0.3) is 0 Å². The van der Waals surface area contributed by atoms with Crippen molar-refractivity contribution >= 4 is 0 Å². The van der Waals surface area contributed by atoms with Crippen LogP contribution < -0.4 is 5.32 Å². The highest BCUT2D eigenvalue weighted by atomic mass is 14.8. The molecule has 1 nitrogen and oxygen atoms in total. The second-order valence-electron chi connectivity index (χ2n) is 1.96. The molecule has 0 aliphatic heterocycles. The zero-order valence-electron chi connectivity index (χ0n) is 5.74. The maximum atomic E-state index is 3.72. The summed E-state index contributed by atoms with van der Waals surface area (Å²) in [4.78, 5) is 0. The Balaban J connectivity index is 2.53. The van der Waals surface area contributed by atoms with Crippen LogP contribution in [0.1, 0.15) is 26.2 Å². The lowest BCUT2D eigenvalue weighted by atomic mass is 10.3. The second kappa shape index (κ2) is 6.96. The molecule has 49 valence electrons. The van der Waals surface area contributed by atoms with E-state index in [4.69, 9.17) is 0 Å². The molecule has 1 radical (unpaired) electrons. The van der Waals surface area contributed by atoms with Crippen LogP contribution in [0, 0.1) is 6.92 Å². The van der Waals surface area contributed by atoms with Gasteiger partial charge in [-0.1, -0.05) is 20.3 Å². The van der Waals surface area contributed by atoms with Crippen LogP contribution in [0.3, 0.4) is 0 Å². The molecule has 0 saturated heterocycles. The molecule has 0 aromatic carbocycles. The van der Waals surface area contributed by atoms with Gasteiger partial charge in [-0.3, -0.25) is 0 Å². The normalized spacial score (nSPS) is 9.75. The van der Waals surface area contributed by atoms with Gasteiger partial charge in [-0.15, -0.1) is 0 Å². The predicted molar refractivity (Wildman–Crippen MR) is 37.8 cm³/mol. The highest BCUT2D eigenvalue weighted by molar-refractivity contribution is 4.47. The van der Waals surface area contributed by atoms with Crippen LogP contribution in [0.5, 0.6) is 0 Å². The first-order valence-corrected chi connectivity index (χ1v) is 3.41. The lowest BCUT2D eigenvalue weighted by Gasteiger charge is -1.98. The van der Waals surface area contributed by atoms with Crippen LogP contribution in [0.15, 0.2) is 0 Å². The zero-order chi connectivity index (χ0) is 6.24. The van der Waals surface area contributed by atoms with E-state index in [1.807, 2.05) is 0 Å². The fraction of sp³-hybridized carbons (Fsp3) is 0.857. The molecule has 0 bridgehead atoms. The first kappa shape index (κ1) is 7.96. The number of hydrogen-bond acceptors (Lipinski definition) is 1. The average molecular weight is 114 g/mol. The molecule has 0 fully saturated rings. The van der Waals surface area contributed by atoms with Crippen LogP contribution in [0.2, 0.25) is 0 Å². The van der Waals surface area contributed by atoms with Gasteiger partial charge < -0.3 is 5.32 Å². The SMILES string of the molecule is [CH2]CCNCCCC. The molecular weight excluding hydrogens is 98.1 g/mol. The highest BCUT2D eigenvalue weighted by Crippen LogP contribution is 1.81. The van der Waals surface area contributed by atoms with Crippen molar-refractivity contribution in [2.24, 2.45) is 0 Å². The summed E-state index contributed by atoms with van der Waals surface area (Å²) in [5.74, 6) is 0. The van der Waals surface area contributed by atoms with E-state index in [-0.39, 0.29) is 0 Å². The summed E-state index contributed by atoms with van der Waals surface area (Å²) in [6, 6.07) is 0. The Morgan fingerprint density at radius 2 is 2.12 bits per heavy atom. The van der Waals surface area contributed by atoms with Gasteiger partial charge in [0.1, 0.15) is 0 Å². The Hall–Kier alpha value is -0.0400. The molecule has 0 aliphatic carbocycles. The minimum atomic E-state index is 1.00. The van der Waals surface area contributed by atoms with E-state index in [2.05, 4.69) is 19.2 Å².